The summed E-state index contributed by atoms with van der Waals surface area (Å²) >= 11 is 3.57. The van der Waals surface area contributed by atoms with Crippen LogP contribution in [0.25, 0.3) is 16.8 Å². The van der Waals surface area contributed by atoms with Crippen LogP contribution in [0.4, 0.5) is 0 Å². The van der Waals surface area contributed by atoms with E-state index in [1.165, 1.54) is 29.5 Å². The lowest BCUT2D eigenvalue weighted by molar-refractivity contribution is 0.287. The molecule has 0 aliphatic heterocycles. The molecule has 3 rings (SSSR count). The van der Waals surface area contributed by atoms with E-state index in [0.29, 0.717) is 6.61 Å². The number of rotatable bonds is 6. The Labute approximate surface area is 157 Å². The highest BCUT2D eigenvalue weighted by atomic mass is 79.9. The van der Waals surface area contributed by atoms with Crippen LogP contribution in [0.1, 0.15) is 43.0 Å². The summed E-state index contributed by atoms with van der Waals surface area (Å²) in [5.74, 6) is 0.761. The lowest BCUT2D eigenvalue weighted by atomic mass is 9.98. The summed E-state index contributed by atoms with van der Waals surface area (Å²) in [6, 6.07) is 6.21. The van der Waals surface area contributed by atoms with Gasteiger partial charge in [-0.05, 0) is 56.0 Å². The summed E-state index contributed by atoms with van der Waals surface area (Å²) in [6.45, 7) is 9.13. The van der Waals surface area contributed by atoms with Crippen molar-refractivity contribution in [3.63, 3.8) is 0 Å². The van der Waals surface area contributed by atoms with E-state index in [1.54, 1.807) is 0 Å². The fourth-order valence-electron chi connectivity index (χ4n) is 3.19. The number of aryl methyl sites for hydroxylation is 3. The predicted molar refractivity (Wildman–Crippen MR) is 105 cm³/mol. The maximum atomic E-state index is 5.98. The number of hydrogen-bond acceptors (Lipinski definition) is 3. The molecular weight excluding hydrogens is 378 g/mol. The Morgan fingerprint density at radius 1 is 1.08 bits per heavy atom. The quantitative estimate of drug-likeness (QED) is 0.500. The molecule has 0 N–H and O–H groups in total. The van der Waals surface area contributed by atoms with Crippen molar-refractivity contribution >= 4 is 21.6 Å². The van der Waals surface area contributed by atoms with Crippen LogP contribution in [0, 0.1) is 20.8 Å². The Balaban J connectivity index is 2.06. The van der Waals surface area contributed by atoms with Gasteiger partial charge in [0, 0.05) is 21.8 Å². The van der Waals surface area contributed by atoms with Gasteiger partial charge in [-0.3, -0.25) is 0 Å². The van der Waals surface area contributed by atoms with Crippen LogP contribution in [0.15, 0.2) is 28.9 Å². The molecule has 0 aliphatic rings. The van der Waals surface area contributed by atoms with Crippen LogP contribution in [0.3, 0.4) is 0 Å². The molecule has 2 heterocycles. The van der Waals surface area contributed by atoms with Gasteiger partial charge in [0.25, 0.3) is 0 Å². The van der Waals surface area contributed by atoms with E-state index >= 15 is 0 Å². The average Bonchev–Trinajstić information content (AvgIpc) is 2.94. The minimum absolute atomic E-state index is 0.706. The number of unbranched alkanes of at least 4 members (excludes halogenated alkanes) is 2. The molecule has 3 aromatic rings. The van der Waals surface area contributed by atoms with E-state index in [0.717, 1.165) is 33.7 Å². The number of aromatic nitrogens is 3. The van der Waals surface area contributed by atoms with Crippen LogP contribution in [0.5, 0.6) is 5.88 Å². The Hall–Kier alpha value is -1.88. The maximum absolute atomic E-state index is 5.98. The number of benzene rings is 1. The molecule has 0 fully saturated rings. The third-order valence-electron chi connectivity index (χ3n) is 4.33. The Morgan fingerprint density at radius 3 is 2.48 bits per heavy atom. The monoisotopic (exact) mass is 401 g/mol. The van der Waals surface area contributed by atoms with Crippen molar-refractivity contribution in [3.05, 3.63) is 45.7 Å². The van der Waals surface area contributed by atoms with Gasteiger partial charge in [0.1, 0.15) is 0 Å². The van der Waals surface area contributed by atoms with E-state index in [4.69, 9.17) is 9.72 Å². The molecule has 0 saturated heterocycles. The van der Waals surface area contributed by atoms with Crippen molar-refractivity contribution in [1.29, 1.82) is 0 Å². The number of ether oxygens (including phenoxy) is 1. The zero-order valence-electron chi connectivity index (χ0n) is 15.3. The van der Waals surface area contributed by atoms with Crippen molar-refractivity contribution in [1.82, 2.24) is 14.6 Å². The molecule has 0 amide bonds. The van der Waals surface area contributed by atoms with Gasteiger partial charge in [-0.25, -0.2) is 4.98 Å². The molecule has 5 heteroatoms. The first-order chi connectivity index (χ1) is 12.0. The summed E-state index contributed by atoms with van der Waals surface area (Å²) in [6.07, 6.45) is 5.30. The molecular formula is C20H24BrN3O. The summed E-state index contributed by atoms with van der Waals surface area (Å²) in [5, 5.41) is 4.56. The van der Waals surface area contributed by atoms with Gasteiger partial charge >= 0.3 is 0 Å². The van der Waals surface area contributed by atoms with Crippen molar-refractivity contribution in [2.45, 2.75) is 47.0 Å². The second-order valence-electron chi connectivity index (χ2n) is 6.50. The van der Waals surface area contributed by atoms with Crippen LogP contribution >= 0.6 is 15.9 Å². The Kier molecular flexibility index (Phi) is 5.42. The van der Waals surface area contributed by atoms with Crippen LogP contribution in [0.2, 0.25) is 0 Å². The highest BCUT2D eigenvalue weighted by Gasteiger charge is 2.16. The number of halogens is 1. The first-order valence-electron chi connectivity index (χ1n) is 8.76. The molecule has 0 spiro atoms. The first kappa shape index (κ1) is 17.9. The fourth-order valence-corrected chi connectivity index (χ4v) is 3.88. The van der Waals surface area contributed by atoms with E-state index in [9.17, 15) is 0 Å². The van der Waals surface area contributed by atoms with Crippen molar-refractivity contribution < 1.29 is 4.74 Å². The Bertz CT molecular complexity index is 878. The minimum Gasteiger partial charge on any atom is -0.478 e. The molecule has 132 valence electrons. The highest BCUT2D eigenvalue weighted by molar-refractivity contribution is 9.10. The van der Waals surface area contributed by atoms with Gasteiger partial charge in [0.15, 0.2) is 5.65 Å². The van der Waals surface area contributed by atoms with Crippen LogP contribution in [-0.2, 0) is 0 Å². The van der Waals surface area contributed by atoms with E-state index in [1.807, 2.05) is 23.7 Å². The lowest BCUT2D eigenvalue weighted by Crippen LogP contribution is -2.04. The van der Waals surface area contributed by atoms with E-state index < -0.39 is 0 Å². The average molecular weight is 402 g/mol. The smallest absolute Gasteiger partial charge is 0.218 e. The normalized spacial score (nSPS) is 11.2. The lowest BCUT2D eigenvalue weighted by Gasteiger charge is -2.11. The van der Waals surface area contributed by atoms with Crippen LogP contribution < -0.4 is 4.74 Å². The van der Waals surface area contributed by atoms with Gasteiger partial charge < -0.3 is 4.74 Å². The Morgan fingerprint density at radius 2 is 1.80 bits per heavy atom. The molecule has 0 unspecified atom stereocenters. The third-order valence-corrected chi connectivity index (χ3v) is 4.79. The topological polar surface area (TPSA) is 39.4 Å². The predicted octanol–water partition coefficient (Wildman–Crippen LogP) is 5.65. The number of hydrogen-bond donors (Lipinski definition) is 0. The van der Waals surface area contributed by atoms with E-state index in [-0.39, 0.29) is 0 Å². The zero-order valence-corrected chi connectivity index (χ0v) is 16.9. The van der Waals surface area contributed by atoms with Gasteiger partial charge in [-0.1, -0.05) is 35.7 Å². The molecule has 0 aliphatic carbocycles. The maximum Gasteiger partial charge on any atom is 0.218 e. The second-order valence-corrected chi connectivity index (χ2v) is 7.42. The van der Waals surface area contributed by atoms with Crippen molar-refractivity contribution in [2.24, 2.45) is 0 Å². The van der Waals surface area contributed by atoms with Gasteiger partial charge in [0.05, 0.1) is 12.8 Å². The molecule has 4 nitrogen and oxygen atoms in total. The largest absolute Gasteiger partial charge is 0.478 e. The molecule has 0 atom stereocenters. The van der Waals surface area contributed by atoms with E-state index in [2.05, 4.69) is 53.9 Å². The minimum atomic E-state index is 0.706. The summed E-state index contributed by atoms with van der Waals surface area (Å²) in [4.78, 5) is 4.73. The highest BCUT2D eigenvalue weighted by Crippen LogP contribution is 2.33. The molecule has 1 aromatic carbocycles. The second kappa shape index (κ2) is 7.56. The van der Waals surface area contributed by atoms with Gasteiger partial charge in [-0.15, -0.1) is 0 Å². The van der Waals surface area contributed by atoms with Crippen molar-refractivity contribution in [2.75, 3.05) is 6.61 Å². The molecule has 0 bridgehead atoms. The summed E-state index contributed by atoms with van der Waals surface area (Å²) in [5.41, 5.74) is 6.43. The first-order valence-corrected chi connectivity index (χ1v) is 9.56. The van der Waals surface area contributed by atoms with Crippen molar-refractivity contribution in [3.8, 4) is 17.0 Å². The molecule has 0 radical (unpaired) electrons. The van der Waals surface area contributed by atoms with Gasteiger partial charge in [0.2, 0.25) is 5.88 Å². The molecule has 25 heavy (non-hydrogen) atoms. The standard InChI is InChI=1S/C20H24BrN3O/c1-5-6-7-8-25-18-11-15(4)23-20-17(12-22-24(18)20)19-13(2)9-16(21)10-14(19)3/h9-12H,5-8H2,1-4H3. The summed E-state index contributed by atoms with van der Waals surface area (Å²) < 4.78 is 8.89. The number of nitrogens with zero attached hydrogens (tertiary/aromatic N) is 3. The fraction of sp³-hybridized carbons (Fsp3) is 0.400. The molecule has 2 aromatic heterocycles. The van der Waals surface area contributed by atoms with Gasteiger partial charge in [-0.2, -0.15) is 9.61 Å². The summed E-state index contributed by atoms with van der Waals surface area (Å²) in [7, 11) is 0. The number of fused-ring (bicyclic) bond motifs is 1. The third kappa shape index (κ3) is 3.71. The molecule has 0 saturated carbocycles. The van der Waals surface area contributed by atoms with Crippen LogP contribution in [-0.4, -0.2) is 21.2 Å². The SMILES string of the molecule is CCCCCOc1cc(C)nc2c(-c3c(C)cc(Br)cc3C)cnn12. The zero-order chi connectivity index (χ0) is 18.0.